The van der Waals surface area contributed by atoms with Gasteiger partial charge < -0.3 is 15.0 Å². The highest BCUT2D eigenvalue weighted by Crippen LogP contribution is 2.19. The zero-order valence-corrected chi connectivity index (χ0v) is 15.7. The standard InChI is InChI=1S/C22H26N2O3/c1-27-16-13-21(25)24-14-11-20(12-15-24)23-22(26)19-9-7-18(8-10-19)17-5-3-2-4-6-17/h2-10,20H,11-16H2,1H3,(H,23,26). The van der Waals surface area contributed by atoms with E-state index >= 15 is 0 Å². The third kappa shape index (κ3) is 5.17. The van der Waals surface area contributed by atoms with E-state index in [2.05, 4.69) is 17.4 Å². The van der Waals surface area contributed by atoms with Gasteiger partial charge in [-0.1, -0.05) is 42.5 Å². The molecule has 0 saturated carbocycles. The van der Waals surface area contributed by atoms with E-state index in [1.807, 2.05) is 47.4 Å². The number of methoxy groups -OCH3 is 1. The number of rotatable bonds is 6. The molecule has 0 spiro atoms. The SMILES string of the molecule is COCCC(=O)N1CCC(NC(=O)c2ccc(-c3ccccc3)cc2)CC1. The van der Waals surface area contributed by atoms with Gasteiger partial charge in [-0.2, -0.15) is 0 Å². The van der Waals surface area contributed by atoms with Gasteiger partial charge in [-0.15, -0.1) is 0 Å². The fraction of sp³-hybridized carbons (Fsp3) is 0.364. The smallest absolute Gasteiger partial charge is 0.251 e. The number of nitrogens with zero attached hydrogens (tertiary/aromatic N) is 1. The lowest BCUT2D eigenvalue weighted by atomic mass is 10.0. The summed E-state index contributed by atoms with van der Waals surface area (Å²) in [6.07, 6.45) is 1.99. The van der Waals surface area contributed by atoms with Crippen molar-refractivity contribution in [2.75, 3.05) is 26.8 Å². The van der Waals surface area contributed by atoms with Crippen LogP contribution in [0.5, 0.6) is 0 Å². The van der Waals surface area contributed by atoms with E-state index in [1.54, 1.807) is 7.11 Å². The average Bonchev–Trinajstić information content (AvgIpc) is 2.73. The Morgan fingerprint density at radius 2 is 1.63 bits per heavy atom. The van der Waals surface area contributed by atoms with Crippen LogP contribution in [0.1, 0.15) is 29.6 Å². The summed E-state index contributed by atoms with van der Waals surface area (Å²) in [6.45, 7) is 1.81. The summed E-state index contributed by atoms with van der Waals surface area (Å²) in [5, 5.41) is 3.10. The first-order valence-corrected chi connectivity index (χ1v) is 9.40. The van der Waals surface area contributed by atoms with Crippen molar-refractivity contribution < 1.29 is 14.3 Å². The number of carbonyl (C=O) groups excluding carboxylic acids is 2. The molecule has 0 aliphatic carbocycles. The van der Waals surface area contributed by atoms with Gasteiger partial charge in [-0.3, -0.25) is 9.59 Å². The van der Waals surface area contributed by atoms with Crippen molar-refractivity contribution in [3.8, 4) is 11.1 Å². The Balaban J connectivity index is 1.50. The number of piperidine rings is 1. The molecule has 1 aliphatic rings. The average molecular weight is 366 g/mol. The molecule has 2 aromatic carbocycles. The lowest BCUT2D eigenvalue weighted by Gasteiger charge is -2.32. The van der Waals surface area contributed by atoms with Gasteiger partial charge in [-0.05, 0) is 36.1 Å². The second-order valence-corrected chi connectivity index (χ2v) is 6.81. The molecule has 0 unspecified atom stereocenters. The molecule has 1 heterocycles. The Bertz CT molecular complexity index is 751. The van der Waals surface area contributed by atoms with Crippen LogP contribution in [-0.4, -0.2) is 49.6 Å². The summed E-state index contributed by atoms with van der Waals surface area (Å²) >= 11 is 0. The van der Waals surface area contributed by atoms with E-state index in [-0.39, 0.29) is 17.9 Å². The quantitative estimate of drug-likeness (QED) is 0.855. The van der Waals surface area contributed by atoms with Gasteiger partial charge >= 0.3 is 0 Å². The highest BCUT2D eigenvalue weighted by atomic mass is 16.5. The second-order valence-electron chi connectivity index (χ2n) is 6.81. The predicted octanol–water partition coefficient (Wildman–Crippen LogP) is 3.11. The molecule has 0 radical (unpaired) electrons. The van der Waals surface area contributed by atoms with Gasteiger partial charge in [0.2, 0.25) is 5.91 Å². The van der Waals surface area contributed by atoms with Crippen LogP contribution in [0, 0.1) is 0 Å². The normalized spacial score (nSPS) is 14.8. The van der Waals surface area contributed by atoms with Crippen molar-refractivity contribution in [1.82, 2.24) is 10.2 Å². The Morgan fingerprint density at radius 3 is 2.26 bits per heavy atom. The van der Waals surface area contributed by atoms with E-state index in [0.29, 0.717) is 31.7 Å². The molecule has 3 rings (SSSR count). The number of ether oxygens (including phenoxy) is 1. The minimum Gasteiger partial charge on any atom is -0.384 e. The highest BCUT2D eigenvalue weighted by molar-refractivity contribution is 5.94. The van der Waals surface area contributed by atoms with E-state index in [1.165, 1.54) is 0 Å². The summed E-state index contributed by atoms with van der Waals surface area (Å²) in [4.78, 5) is 26.4. The summed E-state index contributed by atoms with van der Waals surface area (Å²) < 4.78 is 4.96. The molecular formula is C22H26N2O3. The Hall–Kier alpha value is -2.66. The summed E-state index contributed by atoms with van der Waals surface area (Å²) in [6, 6.07) is 17.9. The van der Waals surface area contributed by atoms with Crippen molar-refractivity contribution in [3.05, 3.63) is 60.2 Å². The predicted molar refractivity (Wildman–Crippen MR) is 105 cm³/mol. The van der Waals surface area contributed by atoms with Gasteiger partial charge in [0.05, 0.1) is 13.0 Å². The zero-order chi connectivity index (χ0) is 19.1. The van der Waals surface area contributed by atoms with Crippen LogP contribution in [0.15, 0.2) is 54.6 Å². The molecule has 1 fully saturated rings. The Morgan fingerprint density at radius 1 is 1.00 bits per heavy atom. The van der Waals surface area contributed by atoms with Gasteiger partial charge in [0.1, 0.15) is 0 Å². The molecule has 0 atom stereocenters. The molecular weight excluding hydrogens is 340 g/mol. The Kier molecular flexibility index (Phi) is 6.60. The lowest BCUT2D eigenvalue weighted by Crippen LogP contribution is -2.46. The van der Waals surface area contributed by atoms with Gasteiger partial charge in [-0.25, -0.2) is 0 Å². The van der Waals surface area contributed by atoms with Gasteiger partial charge in [0.15, 0.2) is 0 Å². The number of nitrogens with one attached hydrogen (secondary N) is 1. The van der Waals surface area contributed by atoms with Crippen molar-refractivity contribution in [3.63, 3.8) is 0 Å². The highest BCUT2D eigenvalue weighted by Gasteiger charge is 2.23. The van der Waals surface area contributed by atoms with Crippen molar-refractivity contribution in [2.45, 2.75) is 25.3 Å². The first-order chi connectivity index (χ1) is 13.2. The maximum atomic E-state index is 12.5. The van der Waals surface area contributed by atoms with Gasteiger partial charge in [0, 0.05) is 31.8 Å². The monoisotopic (exact) mass is 366 g/mol. The first-order valence-electron chi connectivity index (χ1n) is 9.40. The molecule has 5 heteroatoms. The van der Waals surface area contributed by atoms with Crippen LogP contribution >= 0.6 is 0 Å². The fourth-order valence-electron chi connectivity index (χ4n) is 3.33. The number of carbonyl (C=O) groups is 2. The number of amides is 2. The van der Waals surface area contributed by atoms with Crippen molar-refractivity contribution in [1.29, 1.82) is 0 Å². The number of likely N-dealkylation sites (tertiary alicyclic amines) is 1. The Labute approximate surface area is 160 Å². The molecule has 142 valence electrons. The molecule has 5 nitrogen and oxygen atoms in total. The van der Waals surface area contributed by atoms with E-state index < -0.39 is 0 Å². The van der Waals surface area contributed by atoms with Crippen LogP contribution in [0.2, 0.25) is 0 Å². The first kappa shape index (κ1) is 19.1. The third-order valence-corrected chi connectivity index (χ3v) is 4.96. The van der Waals surface area contributed by atoms with Crippen LogP contribution in [0.3, 0.4) is 0 Å². The molecule has 1 saturated heterocycles. The largest absolute Gasteiger partial charge is 0.384 e. The summed E-state index contributed by atoms with van der Waals surface area (Å²) in [5.74, 6) is 0.0666. The van der Waals surface area contributed by atoms with E-state index in [0.717, 1.165) is 24.0 Å². The summed E-state index contributed by atoms with van der Waals surface area (Å²) in [7, 11) is 1.60. The van der Waals surface area contributed by atoms with E-state index in [4.69, 9.17) is 4.74 Å². The molecule has 0 aromatic heterocycles. The number of hydrogen-bond donors (Lipinski definition) is 1. The third-order valence-electron chi connectivity index (χ3n) is 4.96. The van der Waals surface area contributed by atoms with Crippen molar-refractivity contribution >= 4 is 11.8 Å². The van der Waals surface area contributed by atoms with Crippen LogP contribution < -0.4 is 5.32 Å². The minimum absolute atomic E-state index is 0.0567. The van der Waals surface area contributed by atoms with Gasteiger partial charge in [0.25, 0.3) is 5.91 Å². The summed E-state index contributed by atoms with van der Waals surface area (Å²) in [5.41, 5.74) is 2.89. The van der Waals surface area contributed by atoms with Crippen LogP contribution in [0.25, 0.3) is 11.1 Å². The van der Waals surface area contributed by atoms with Crippen LogP contribution in [0.4, 0.5) is 0 Å². The minimum atomic E-state index is -0.0567. The van der Waals surface area contributed by atoms with E-state index in [9.17, 15) is 9.59 Å². The molecule has 2 amide bonds. The zero-order valence-electron chi connectivity index (χ0n) is 15.7. The number of benzene rings is 2. The maximum absolute atomic E-state index is 12.5. The van der Waals surface area contributed by atoms with Crippen LogP contribution in [-0.2, 0) is 9.53 Å². The topological polar surface area (TPSA) is 58.6 Å². The molecule has 2 aromatic rings. The molecule has 27 heavy (non-hydrogen) atoms. The number of hydrogen-bond acceptors (Lipinski definition) is 3. The molecule has 0 bridgehead atoms. The fourth-order valence-corrected chi connectivity index (χ4v) is 3.33. The molecule has 1 N–H and O–H groups in total. The second kappa shape index (κ2) is 9.33. The van der Waals surface area contributed by atoms with Crippen molar-refractivity contribution in [2.24, 2.45) is 0 Å². The lowest BCUT2D eigenvalue weighted by molar-refractivity contribution is -0.133. The molecule has 1 aliphatic heterocycles. The maximum Gasteiger partial charge on any atom is 0.251 e.